The zero-order valence-electron chi connectivity index (χ0n) is 7.81. The lowest BCUT2D eigenvalue weighted by molar-refractivity contribution is -0.124. The van der Waals surface area contributed by atoms with Gasteiger partial charge in [0.25, 0.3) is 0 Å². The minimum Gasteiger partial charge on any atom is -0.351 e. The molecular formula is C10H18NO. The van der Waals surface area contributed by atoms with Crippen LogP contribution < -0.4 is 5.32 Å². The molecule has 1 amide bonds. The van der Waals surface area contributed by atoms with Crippen LogP contribution in [0, 0.1) is 12.5 Å². The second-order valence-electron chi connectivity index (χ2n) is 3.48. The monoisotopic (exact) mass is 168 g/mol. The third-order valence-electron chi connectivity index (χ3n) is 2.40. The van der Waals surface area contributed by atoms with Crippen LogP contribution in [0.25, 0.3) is 0 Å². The van der Waals surface area contributed by atoms with Crippen molar-refractivity contribution in [3.05, 3.63) is 6.54 Å². The van der Waals surface area contributed by atoms with Gasteiger partial charge in [0.05, 0.1) is 0 Å². The molecule has 0 aromatic rings. The molecule has 0 bridgehead atoms. The highest BCUT2D eigenvalue weighted by atomic mass is 16.1. The molecule has 0 heterocycles. The minimum absolute atomic E-state index is 0.237. The van der Waals surface area contributed by atoms with E-state index in [0.717, 1.165) is 25.7 Å². The highest BCUT2D eigenvalue weighted by Crippen LogP contribution is 2.24. The normalized spacial score (nSPS) is 18.1. The van der Waals surface area contributed by atoms with E-state index in [1.165, 1.54) is 12.8 Å². The molecule has 1 fully saturated rings. The summed E-state index contributed by atoms with van der Waals surface area (Å²) in [5.74, 6) is 0.541. The third-order valence-corrected chi connectivity index (χ3v) is 2.40. The first-order valence-corrected chi connectivity index (χ1v) is 4.96. The van der Waals surface area contributed by atoms with Crippen LogP contribution in [0.1, 0.15) is 45.4 Å². The summed E-state index contributed by atoms with van der Waals surface area (Å²) in [6.45, 7) is 4.00. The molecule has 1 rings (SSSR count). The maximum Gasteiger partial charge on any atom is 0.223 e. The zero-order chi connectivity index (χ0) is 8.81. The van der Waals surface area contributed by atoms with E-state index in [2.05, 4.69) is 12.2 Å². The summed E-state index contributed by atoms with van der Waals surface area (Å²) in [5.41, 5.74) is 0. The lowest BCUT2D eigenvalue weighted by Gasteiger charge is -2.08. The first kappa shape index (κ1) is 9.56. The fourth-order valence-corrected chi connectivity index (χ4v) is 1.62. The Labute approximate surface area is 74.7 Å². The van der Waals surface area contributed by atoms with Crippen molar-refractivity contribution in [1.29, 1.82) is 0 Å². The predicted molar refractivity (Wildman–Crippen MR) is 49.3 cm³/mol. The standard InChI is InChI=1S/C10H18NO/c1-2-3-8-11-10(12)9-6-4-5-7-9/h8-9H,2-7H2,1H3,(H,11,12). The Morgan fingerprint density at radius 3 is 2.75 bits per heavy atom. The van der Waals surface area contributed by atoms with Gasteiger partial charge < -0.3 is 5.32 Å². The molecule has 1 aliphatic carbocycles. The Morgan fingerprint density at radius 2 is 2.17 bits per heavy atom. The number of carbonyl (C=O) groups is 1. The fourth-order valence-electron chi connectivity index (χ4n) is 1.62. The smallest absolute Gasteiger partial charge is 0.223 e. The van der Waals surface area contributed by atoms with Crippen LogP contribution in [0.5, 0.6) is 0 Å². The van der Waals surface area contributed by atoms with Crippen LogP contribution in [0.15, 0.2) is 0 Å². The summed E-state index contributed by atoms with van der Waals surface area (Å²) in [7, 11) is 0. The van der Waals surface area contributed by atoms with Crippen molar-refractivity contribution in [2.45, 2.75) is 45.4 Å². The lowest BCUT2D eigenvalue weighted by atomic mass is 10.1. The molecule has 0 unspecified atom stereocenters. The molecule has 12 heavy (non-hydrogen) atoms. The van der Waals surface area contributed by atoms with Crippen molar-refractivity contribution in [3.8, 4) is 0 Å². The summed E-state index contributed by atoms with van der Waals surface area (Å²) in [4.78, 5) is 11.4. The van der Waals surface area contributed by atoms with Gasteiger partial charge in [-0.1, -0.05) is 26.2 Å². The highest BCUT2D eigenvalue weighted by molar-refractivity contribution is 5.79. The van der Waals surface area contributed by atoms with Gasteiger partial charge in [0.1, 0.15) is 0 Å². The fraction of sp³-hybridized carbons (Fsp3) is 0.800. The number of unbranched alkanes of at least 4 members (excludes halogenated alkanes) is 1. The van der Waals surface area contributed by atoms with E-state index in [4.69, 9.17) is 0 Å². The number of hydrogen-bond donors (Lipinski definition) is 1. The molecule has 0 atom stereocenters. The molecule has 0 aliphatic heterocycles. The molecule has 69 valence electrons. The van der Waals surface area contributed by atoms with E-state index in [1.807, 2.05) is 6.54 Å². The Morgan fingerprint density at radius 1 is 1.50 bits per heavy atom. The molecule has 1 radical (unpaired) electrons. The topological polar surface area (TPSA) is 29.1 Å². The van der Waals surface area contributed by atoms with Gasteiger partial charge in [-0.25, -0.2) is 0 Å². The van der Waals surface area contributed by atoms with Gasteiger partial charge in [0, 0.05) is 12.5 Å². The lowest BCUT2D eigenvalue weighted by Crippen LogP contribution is -2.26. The maximum atomic E-state index is 11.4. The number of rotatable bonds is 4. The zero-order valence-corrected chi connectivity index (χ0v) is 7.81. The summed E-state index contributed by atoms with van der Waals surface area (Å²) in [5, 5.41) is 2.86. The predicted octanol–water partition coefficient (Wildman–Crippen LogP) is 2.25. The van der Waals surface area contributed by atoms with Gasteiger partial charge in [-0.05, 0) is 19.3 Å². The first-order chi connectivity index (χ1) is 5.84. The summed E-state index contributed by atoms with van der Waals surface area (Å²) in [6, 6.07) is 0. The summed E-state index contributed by atoms with van der Waals surface area (Å²) < 4.78 is 0. The van der Waals surface area contributed by atoms with Gasteiger partial charge >= 0.3 is 0 Å². The molecule has 1 saturated carbocycles. The van der Waals surface area contributed by atoms with Crippen molar-refractivity contribution in [2.75, 3.05) is 0 Å². The van der Waals surface area contributed by atoms with E-state index >= 15 is 0 Å². The van der Waals surface area contributed by atoms with Crippen molar-refractivity contribution in [1.82, 2.24) is 5.32 Å². The maximum absolute atomic E-state index is 11.4. The van der Waals surface area contributed by atoms with Gasteiger partial charge in [0.2, 0.25) is 5.91 Å². The molecule has 2 heteroatoms. The van der Waals surface area contributed by atoms with E-state index in [0.29, 0.717) is 5.92 Å². The molecule has 1 N–H and O–H groups in total. The molecule has 1 aliphatic rings. The average molecular weight is 168 g/mol. The van der Waals surface area contributed by atoms with Gasteiger partial charge in [0.15, 0.2) is 0 Å². The Kier molecular flexibility index (Phi) is 4.12. The van der Waals surface area contributed by atoms with Crippen LogP contribution in [-0.2, 0) is 4.79 Å². The van der Waals surface area contributed by atoms with E-state index in [9.17, 15) is 4.79 Å². The molecule has 0 aromatic heterocycles. The Balaban J connectivity index is 2.10. The number of amides is 1. The molecule has 0 aromatic carbocycles. The third kappa shape index (κ3) is 2.84. The van der Waals surface area contributed by atoms with Gasteiger partial charge in [-0.15, -0.1) is 0 Å². The van der Waals surface area contributed by atoms with Gasteiger partial charge in [-0.3, -0.25) is 4.79 Å². The van der Waals surface area contributed by atoms with Crippen LogP contribution in [0.2, 0.25) is 0 Å². The molecule has 2 nitrogen and oxygen atoms in total. The Bertz CT molecular complexity index is 139. The van der Waals surface area contributed by atoms with E-state index in [1.54, 1.807) is 0 Å². The summed E-state index contributed by atoms with van der Waals surface area (Å²) >= 11 is 0. The molecular weight excluding hydrogens is 150 g/mol. The second-order valence-corrected chi connectivity index (χ2v) is 3.48. The highest BCUT2D eigenvalue weighted by Gasteiger charge is 2.21. The first-order valence-electron chi connectivity index (χ1n) is 4.96. The van der Waals surface area contributed by atoms with Gasteiger partial charge in [-0.2, -0.15) is 0 Å². The van der Waals surface area contributed by atoms with Crippen LogP contribution >= 0.6 is 0 Å². The largest absolute Gasteiger partial charge is 0.351 e. The summed E-state index contributed by atoms with van der Waals surface area (Å²) in [6.07, 6.45) is 6.72. The average Bonchev–Trinajstić information content (AvgIpc) is 2.56. The minimum atomic E-state index is 0.237. The van der Waals surface area contributed by atoms with Crippen molar-refractivity contribution < 1.29 is 4.79 Å². The quantitative estimate of drug-likeness (QED) is 0.641. The van der Waals surface area contributed by atoms with Crippen molar-refractivity contribution in [2.24, 2.45) is 5.92 Å². The van der Waals surface area contributed by atoms with E-state index < -0.39 is 0 Å². The van der Waals surface area contributed by atoms with E-state index in [-0.39, 0.29) is 5.91 Å². The van der Waals surface area contributed by atoms with Crippen molar-refractivity contribution >= 4 is 5.91 Å². The van der Waals surface area contributed by atoms with Crippen LogP contribution in [0.3, 0.4) is 0 Å². The number of nitrogens with one attached hydrogen (secondary N) is 1. The second kappa shape index (κ2) is 5.18. The molecule has 0 saturated heterocycles. The van der Waals surface area contributed by atoms with Crippen molar-refractivity contribution in [3.63, 3.8) is 0 Å². The SMILES string of the molecule is CCC[CH]NC(=O)C1CCCC1. The number of carbonyl (C=O) groups excluding carboxylic acids is 1. The van der Waals surface area contributed by atoms with Crippen LogP contribution in [-0.4, -0.2) is 5.91 Å². The van der Waals surface area contributed by atoms with Crippen LogP contribution in [0.4, 0.5) is 0 Å². The molecule has 0 spiro atoms. The number of hydrogen-bond acceptors (Lipinski definition) is 1. The Hall–Kier alpha value is -0.530.